The van der Waals surface area contributed by atoms with Gasteiger partial charge < -0.3 is 14.6 Å². The largest absolute Gasteiger partial charge is 0.366 e. The molecule has 0 fully saturated rings. The minimum Gasteiger partial charge on any atom is -0.366 e. The normalized spacial score (nSPS) is 10.5. The number of hydrogen-bond donors (Lipinski definition) is 1. The van der Waals surface area contributed by atoms with Crippen molar-refractivity contribution in [2.75, 3.05) is 11.9 Å². The maximum absolute atomic E-state index is 10.2. The number of nitrogens with zero attached hydrogens (tertiary/aromatic N) is 1. The molecule has 0 aliphatic carbocycles. The quantitative estimate of drug-likeness (QED) is 0.684. The fraction of sp³-hybridized carbons (Fsp3) is 0.200. The Morgan fingerprint density at radius 2 is 2.40 bits per heavy atom. The van der Waals surface area contributed by atoms with Gasteiger partial charge in [-0.15, -0.1) is 0 Å². The van der Waals surface area contributed by atoms with Crippen LogP contribution in [0, 0.1) is 0 Å². The lowest BCUT2D eigenvalue weighted by atomic mass is 10.2. The van der Waals surface area contributed by atoms with Crippen molar-refractivity contribution in [2.45, 2.75) is 6.42 Å². The summed E-state index contributed by atoms with van der Waals surface area (Å²) in [6.07, 6.45) is 1.33. The number of nitrogens with one attached hydrogen (secondary N) is 1. The molecule has 0 saturated carbocycles. The standard InChI is InChI=1S/C10H9BrN2O2/c11-7-2-3-8-9(6-7)15-13-10(8)12-4-1-5-14/h2-3,5-6H,1,4H2,(H,12,13). The van der Waals surface area contributed by atoms with Crippen molar-refractivity contribution in [3.8, 4) is 0 Å². The first-order valence-corrected chi connectivity index (χ1v) is 5.33. The minimum absolute atomic E-state index is 0.463. The second-order valence-electron chi connectivity index (χ2n) is 3.05. The summed E-state index contributed by atoms with van der Waals surface area (Å²) in [7, 11) is 0. The number of carbonyl (C=O) groups excluding carboxylic acids is 1. The number of rotatable bonds is 4. The third kappa shape index (κ3) is 2.18. The number of anilines is 1. The monoisotopic (exact) mass is 268 g/mol. The molecule has 0 radical (unpaired) electrons. The number of halogens is 1. The average Bonchev–Trinajstić information content (AvgIpc) is 2.61. The Bertz CT molecular complexity index is 481. The summed E-state index contributed by atoms with van der Waals surface area (Å²) in [6, 6.07) is 5.69. The van der Waals surface area contributed by atoms with Crippen molar-refractivity contribution in [3.63, 3.8) is 0 Å². The van der Waals surface area contributed by atoms with Crippen molar-refractivity contribution in [1.82, 2.24) is 5.16 Å². The van der Waals surface area contributed by atoms with Gasteiger partial charge in [0, 0.05) is 17.4 Å². The van der Waals surface area contributed by atoms with Gasteiger partial charge in [-0.1, -0.05) is 21.1 Å². The Hall–Kier alpha value is -1.36. The minimum atomic E-state index is 0.463. The number of hydrogen-bond acceptors (Lipinski definition) is 4. The smallest absolute Gasteiger partial charge is 0.177 e. The van der Waals surface area contributed by atoms with E-state index in [1.165, 1.54) is 0 Å². The molecule has 0 aliphatic rings. The van der Waals surface area contributed by atoms with E-state index in [4.69, 9.17) is 4.52 Å². The second kappa shape index (κ2) is 4.44. The summed E-state index contributed by atoms with van der Waals surface area (Å²) in [5.74, 6) is 0.680. The van der Waals surface area contributed by atoms with Gasteiger partial charge >= 0.3 is 0 Å². The fourth-order valence-corrected chi connectivity index (χ4v) is 1.63. The van der Waals surface area contributed by atoms with Gasteiger partial charge in [-0.05, 0) is 18.2 Å². The van der Waals surface area contributed by atoms with Crippen LogP contribution < -0.4 is 5.32 Å². The van der Waals surface area contributed by atoms with Crippen molar-refractivity contribution >= 4 is 39.0 Å². The number of fused-ring (bicyclic) bond motifs is 1. The SMILES string of the molecule is O=CCCNc1noc2cc(Br)ccc12. The van der Waals surface area contributed by atoms with Crippen LogP contribution in [0.3, 0.4) is 0 Å². The predicted octanol–water partition coefficient (Wildman–Crippen LogP) is 2.59. The zero-order chi connectivity index (χ0) is 10.7. The van der Waals surface area contributed by atoms with Crippen LogP contribution >= 0.6 is 15.9 Å². The number of aldehydes is 1. The fourth-order valence-electron chi connectivity index (χ4n) is 1.29. The molecule has 1 aromatic heterocycles. The van der Waals surface area contributed by atoms with E-state index in [1.54, 1.807) is 0 Å². The third-order valence-corrected chi connectivity index (χ3v) is 2.48. The Morgan fingerprint density at radius 1 is 1.53 bits per heavy atom. The van der Waals surface area contributed by atoms with Crippen molar-refractivity contribution in [3.05, 3.63) is 22.7 Å². The third-order valence-electron chi connectivity index (χ3n) is 1.99. The topological polar surface area (TPSA) is 55.1 Å². The molecule has 0 unspecified atom stereocenters. The summed E-state index contributed by atoms with van der Waals surface area (Å²) in [5, 5.41) is 7.84. The Labute approximate surface area is 94.8 Å². The van der Waals surface area contributed by atoms with Crippen LogP contribution in [0.4, 0.5) is 5.82 Å². The Balaban J connectivity index is 2.24. The van der Waals surface area contributed by atoms with E-state index in [-0.39, 0.29) is 0 Å². The first-order valence-electron chi connectivity index (χ1n) is 4.53. The zero-order valence-electron chi connectivity index (χ0n) is 7.87. The lowest BCUT2D eigenvalue weighted by Crippen LogP contribution is -2.01. The van der Waals surface area contributed by atoms with Crippen molar-refractivity contribution < 1.29 is 9.32 Å². The van der Waals surface area contributed by atoms with E-state index in [0.717, 1.165) is 21.7 Å². The highest BCUT2D eigenvalue weighted by Gasteiger charge is 2.06. The van der Waals surface area contributed by atoms with E-state index >= 15 is 0 Å². The molecule has 0 saturated heterocycles. The van der Waals surface area contributed by atoms with Gasteiger partial charge in [-0.3, -0.25) is 0 Å². The lowest BCUT2D eigenvalue weighted by molar-refractivity contribution is -0.107. The predicted molar refractivity (Wildman–Crippen MR) is 60.9 cm³/mol. The van der Waals surface area contributed by atoms with Gasteiger partial charge in [-0.25, -0.2) is 0 Å². The number of carbonyl (C=O) groups is 1. The van der Waals surface area contributed by atoms with Gasteiger partial charge in [0.15, 0.2) is 11.4 Å². The molecule has 4 nitrogen and oxygen atoms in total. The van der Waals surface area contributed by atoms with E-state index in [9.17, 15) is 4.79 Å². The molecule has 0 amide bonds. The van der Waals surface area contributed by atoms with Crippen LogP contribution in [-0.4, -0.2) is 18.0 Å². The molecule has 2 aromatic rings. The Morgan fingerprint density at radius 3 is 3.20 bits per heavy atom. The number of aromatic nitrogens is 1. The molecular weight excluding hydrogens is 260 g/mol. The summed E-state index contributed by atoms with van der Waals surface area (Å²) in [5.41, 5.74) is 0.720. The van der Waals surface area contributed by atoms with Crippen molar-refractivity contribution in [1.29, 1.82) is 0 Å². The molecule has 0 spiro atoms. The summed E-state index contributed by atoms with van der Waals surface area (Å²) in [6.45, 7) is 0.571. The number of benzene rings is 1. The van der Waals surface area contributed by atoms with Crippen LogP contribution in [0.5, 0.6) is 0 Å². The molecule has 1 heterocycles. The van der Waals surface area contributed by atoms with Gasteiger partial charge in [-0.2, -0.15) is 0 Å². The molecule has 0 atom stereocenters. The van der Waals surface area contributed by atoms with Crippen LogP contribution in [0.25, 0.3) is 11.0 Å². The van der Waals surface area contributed by atoms with E-state index in [0.29, 0.717) is 18.8 Å². The highest BCUT2D eigenvalue weighted by Crippen LogP contribution is 2.25. The maximum atomic E-state index is 10.2. The molecule has 0 aliphatic heterocycles. The Kier molecular flexibility index (Phi) is 3.01. The molecule has 78 valence electrons. The first kappa shape index (κ1) is 10.2. The molecule has 1 N–H and O–H groups in total. The van der Waals surface area contributed by atoms with Crippen molar-refractivity contribution in [2.24, 2.45) is 0 Å². The van der Waals surface area contributed by atoms with Crippen LogP contribution in [0.1, 0.15) is 6.42 Å². The first-order chi connectivity index (χ1) is 7.31. The molecule has 15 heavy (non-hydrogen) atoms. The van der Waals surface area contributed by atoms with Crippen LogP contribution in [0.2, 0.25) is 0 Å². The summed E-state index contributed by atoms with van der Waals surface area (Å²) >= 11 is 3.35. The molecule has 2 rings (SSSR count). The zero-order valence-corrected chi connectivity index (χ0v) is 9.45. The molecule has 0 bridgehead atoms. The van der Waals surface area contributed by atoms with Gasteiger partial charge in [0.25, 0.3) is 0 Å². The lowest BCUT2D eigenvalue weighted by Gasteiger charge is -1.97. The van der Waals surface area contributed by atoms with E-state index in [1.807, 2.05) is 18.2 Å². The highest BCUT2D eigenvalue weighted by atomic mass is 79.9. The van der Waals surface area contributed by atoms with Crippen LogP contribution in [0.15, 0.2) is 27.2 Å². The maximum Gasteiger partial charge on any atom is 0.177 e. The van der Waals surface area contributed by atoms with Gasteiger partial charge in [0.2, 0.25) is 0 Å². The summed E-state index contributed by atoms with van der Waals surface area (Å²) < 4.78 is 6.08. The van der Waals surface area contributed by atoms with E-state index < -0.39 is 0 Å². The van der Waals surface area contributed by atoms with E-state index in [2.05, 4.69) is 26.4 Å². The van der Waals surface area contributed by atoms with Gasteiger partial charge in [0.1, 0.15) is 6.29 Å². The summed E-state index contributed by atoms with van der Waals surface area (Å²) in [4.78, 5) is 10.2. The molecular formula is C10H9BrN2O2. The van der Waals surface area contributed by atoms with Gasteiger partial charge in [0.05, 0.1) is 5.39 Å². The second-order valence-corrected chi connectivity index (χ2v) is 3.97. The highest BCUT2D eigenvalue weighted by molar-refractivity contribution is 9.10. The molecule has 5 heteroatoms. The molecule has 1 aromatic carbocycles. The average molecular weight is 269 g/mol. The van der Waals surface area contributed by atoms with Crippen LogP contribution in [-0.2, 0) is 4.79 Å².